The van der Waals surface area contributed by atoms with Gasteiger partial charge >= 0.3 is 8.03 Å². The van der Waals surface area contributed by atoms with E-state index in [0.717, 1.165) is 10.9 Å². The molecule has 28 heavy (non-hydrogen) atoms. The molecule has 1 heterocycles. The van der Waals surface area contributed by atoms with Gasteiger partial charge in [0, 0.05) is 16.7 Å². The van der Waals surface area contributed by atoms with Crippen LogP contribution in [-0.4, -0.2) is 7.11 Å². The highest BCUT2D eigenvalue weighted by Gasteiger charge is 2.32. The maximum Gasteiger partial charge on any atom is 0.549 e. The van der Waals surface area contributed by atoms with Crippen molar-refractivity contribution in [2.75, 3.05) is 7.11 Å². The van der Waals surface area contributed by atoms with Crippen LogP contribution in [0.1, 0.15) is 84.6 Å². The molecule has 0 aliphatic heterocycles. The molecule has 0 spiro atoms. The van der Waals surface area contributed by atoms with Crippen molar-refractivity contribution >= 4 is 20.9 Å². The molecule has 154 valence electrons. The second-order valence-electron chi connectivity index (χ2n) is 10.8. The molecule has 0 aliphatic rings. The third-order valence-corrected chi connectivity index (χ3v) is 8.82. The van der Waals surface area contributed by atoms with E-state index in [-0.39, 0.29) is 16.2 Å². The Morgan fingerprint density at radius 1 is 0.821 bits per heavy atom. The Morgan fingerprint density at radius 3 is 1.64 bits per heavy atom. The minimum atomic E-state index is -1.78. The summed E-state index contributed by atoms with van der Waals surface area (Å²) in [5.41, 5.74) is 5.44. The van der Waals surface area contributed by atoms with Gasteiger partial charge in [0.2, 0.25) is 5.30 Å². The minimum Gasteiger partial charge on any atom is -0.145 e. The van der Waals surface area contributed by atoms with Crippen molar-refractivity contribution < 1.29 is 9.09 Å². The van der Waals surface area contributed by atoms with Gasteiger partial charge in [0.1, 0.15) is 0 Å². The first kappa shape index (κ1) is 23.3. The van der Waals surface area contributed by atoms with Crippen LogP contribution < -0.4 is 5.30 Å². The smallest absolute Gasteiger partial charge is 0.145 e. The SMILES string of the molecule is CO[P+](=O)c1cp(-c2c(C(C)(C)C)cc(C(C)(C)C)cc2C(C)(C)C)cc1C. The zero-order valence-electron chi connectivity index (χ0n) is 19.5. The second-order valence-corrected chi connectivity index (χ2v) is 14.0. The Bertz CT molecular complexity index is 850. The summed E-state index contributed by atoms with van der Waals surface area (Å²) in [5.74, 6) is 4.52. The number of benzene rings is 1. The van der Waals surface area contributed by atoms with Crippen molar-refractivity contribution in [3.63, 3.8) is 0 Å². The predicted octanol–water partition coefficient (Wildman–Crippen LogP) is 7.88. The van der Waals surface area contributed by atoms with Gasteiger partial charge in [0.15, 0.2) is 0 Å². The standard InChI is InChI=1S/C24H37O2P2/c1-16-14-27(15-20(16)28(25)26-11)21-18(23(5,6)7)12-17(22(2,3)4)13-19(21)24(8,9)10/h12-15H,1-11H3/q+1. The van der Waals surface area contributed by atoms with Gasteiger partial charge in [-0.15, -0.1) is 4.52 Å². The van der Waals surface area contributed by atoms with E-state index in [1.54, 1.807) is 0 Å². The van der Waals surface area contributed by atoms with E-state index in [2.05, 4.69) is 93.0 Å². The molecule has 0 saturated carbocycles. The summed E-state index contributed by atoms with van der Waals surface area (Å²) in [6.07, 6.45) is 0. The Balaban J connectivity index is 2.95. The van der Waals surface area contributed by atoms with Gasteiger partial charge in [-0.2, -0.15) is 0 Å². The first-order valence-electron chi connectivity index (χ1n) is 9.97. The van der Waals surface area contributed by atoms with Crippen LogP contribution in [0.15, 0.2) is 23.7 Å². The molecular formula is C24H37O2P2+. The lowest BCUT2D eigenvalue weighted by molar-refractivity contribution is 0.423. The summed E-state index contributed by atoms with van der Waals surface area (Å²) in [4.78, 5) is 0. The number of aryl methyl sites for hydroxylation is 1. The highest BCUT2D eigenvalue weighted by Crippen LogP contribution is 2.52. The van der Waals surface area contributed by atoms with Gasteiger partial charge in [-0.05, 0) is 50.2 Å². The fraction of sp³-hybridized carbons (Fsp3) is 0.583. The maximum atomic E-state index is 12.4. The molecular weight excluding hydrogens is 382 g/mol. The van der Waals surface area contributed by atoms with E-state index < -0.39 is 15.6 Å². The Hall–Kier alpha value is -0.940. The third kappa shape index (κ3) is 4.79. The Labute approximate surface area is 174 Å². The normalized spacial score (nSPS) is 14.4. The van der Waals surface area contributed by atoms with Gasteiger partial charge in [-0.1, -0.05) is 82.0 Å². The predicted molar refractivity (Wildman–Crippen MR) is 126 cm³/mol. The molecule has 0 N–H and O–H groups in total. The zero-order valence-corrected chi connectivity index (χ0v) is 21.3. The van der Waals surface area contributed by atoms with Gasteiger partial charge in [-0.25, -0.2) is 0 Å². The first-order valence-corrected chi connectivity index (χ1v) is 12.6. The van der Waals surface area contributed by atoms with Crippen LogP contribution in [0.4, 0.5) is 0 Å². The van der Waals surface area contributed by atoms with Crippen LogP contribution in [0.3, 0.4) is 0 Å². The molecule has 0 aliphatic carbocycles. The number of rotatable bonds is 3. The van der Waals surface area contributed by atoms with Crippen LogP contribution in [0.2, 0.25) is 0 Å². The van der Waals surface area contributed by atoms with Crippen molar-refractivity contribution in [2.24, 2.45) is 0 Å². The fourth-order valence-corrected chi connectivity index (χ4v) is 7.57. The topological polar surface area (TPSA) is 26.3 Å². The summed E-state index contributed by atoms with van der Waals surface area (Å²) in [6.45, 7) is 22.7. The summed E-state index contributed by atoms with van der Waals surface area (Å²) in [6, 6.07) is 4.83. The van der Waals surface area contributed by atoms with Crippen LogP contribution in [-0.2, 0) is 25.3 Å². The highest BCUT2D eigenvalue weighted by atomic mass is 31.1. The second kappa shape index (κ2) is 7.71. The van der Waals surface area contributed by atoms with Crippen LogP contribution in [0.25, 0.3) is 5.30 Å². The molecule has 0 amide bonds. The molecule has 0 fully saturated rings. The van der Waals surface area contributed by atoms with E-state index >= 15 is 0 Å². The van der Waals surface area contributed by atoms with Crippen molar-refractivity contribution in [3.8, 4) is 5.30 Å². The van der Waals surface area contributed by atoms with E-state index in [4.69, 9.17) is 4.52 Å². The lowest BCUT2D eigenvalue weighted by Gasteiger charge is -2.33. The molecule has 0 bridgehead atoms. The molecule has 0 saturated heterocycles. The van der Waals surface area contributed by atoms with Gasteiger partial charge < -0.3 is 0 Å². The third-order valence-electron chi connectivity index (χ3n) is 5.21. The number of hydrogen-bond donors (Lipinski definition) is 0. The van der Waals surface area contributed by atoms with Gasteiger partial charge in [-0.3, -0.25) is 0 Å². The molecule has 2 nitrogen and oxygen atoms in total. The monoisotopic (exact) mass is 419 g/mol. The molecule has 2 rings (SSSR count). The largest absolute Gasteiger partial charge is 0.549 e. The van der Waals surface area contributed by atoms with E-state index in [1.807, 2.05) is 0 Å². The van der Waals surface area contributed by atoms with Gasteiger partial charge in [0.05, 0.1) is 7.11 Å². The van der Waals surface area contributed by atoms with Crippen LogP contribution >= 0.6 is 15.6 Å². The van der Waals surface area contributed by atoms with Crippen LogP contribution in [0.5, 0.6) is 0 Å². The molecule has 2 atom stereocenters. The molecule has 1 aromatic carbocycles. The Kier molecular flexibility index (Phi) is 6.43. The fourth-order valence-electron chi connectivity index (χ4n) is 3.45. The van der Waals surface area contributed by atoms with Gasteiger partial charge in [0.25, 0.3) is 0 Å². The summed E-state index contributed by atoms with van der Waals surface area (Å²) >= 11 is 0. The maximum absolute atomic E-state index is 12.4. The Morgan fingerprint density at radius 2 is 1.29 bits per heavy atom. The molecule has 2 unspecified atom stereocenters. The lowest BCUT2D eigenvalue weighted by Crippen LogP contribution is -2.22. The van der Waals surface area contributed by atoms with Crippen molar-refractivity contribution in [2.45, 2.75) is 85.5 Å². The highest BCUT2D eigenvalue weighted by molar-refractivity contribution is 7.59. The molecule has 2 aromatic rings. The zero-order chi connectivity index (χ0) is 21.7. The van der Waals surface area contributed by atoms with Crippen molar-refractivity contribution in [3.05, 3.63) is 46.0 Å². The summed E-state index contributed by atoms with van der Waals surface area (Å²) in [7, 11) is -0.920. The van der Waals surface area contributed by atoms with E-state index in [9.17, 15) is 4.57 Å². The molecule has 1 aromatic heterocycles. The van der Waals surface area contributed by atoms with E-state index in [0.29, 0.717) is 0 Å². The molecule has 4 heteroatoms. The minimum absolute atomic E-state index is 0.0285. The average molecular weight is 420 g/mol. The quantitative estimate of drug-likeness (QED) is 0.473. The van der Waals surface area contributed by atoms with Crippen molar-refractivity contribution in [1.29, 1.82) is 0 Å². The summed E-state index contributed by atoms with van der Waals surface area (Å²) < 4.78 is 17.5. The molecule has 0 radical (unpaired) electrons. The van der Waals surface area contributed by atoms with Crippen LogP contribution in [0, 0.1) is 6.92 Å². The first-order chi connectivity index (χ1) is 12.6. The van der Waals surface area contributed by atoms with Crippen molar-refractivity contribution in [1.82, 2.24) is 0 Å². The lowest BCUT2D eigenvalue weighted by atomic mass is 9.75. The summed E-state index contributed by atoms with van der Waals surface area (Å²) in [5, 5.41) is 2.29. The average Bonchev–Trinajstić information content (AvgIpc) is 2.92. The number of hydrogen-bond acceptors (Lipinski definition) is 2. The van der Waals surface area contributed by atoms with E-state index in [1.165, 1.54) is 29.1 Å².